The monoisotopic (exact) mass is 297 g/mol. The third-order valence-corrected chi connectivity index (χ3v) is 4.11. The Morgan fingerprint density at radius 2 is 1.73 bits per heavy atom. The Morgan fingerprint density at radius 1 is 1.05 bits per heavy atom. The minimum absolute atomic E-state index is 0.764. The highest BCUT2D eigenvalue weighted by Gasteiger charge is 2.11. The van der Waals surface area contributed by atoms with Crippen LogP contribution in [0.1, 0.15) is 22.5 Å². The molecule has 1 fully saturated rings. The molecule has 1 aliphatic heterocycles. The summed E-state index contributed by atoms with van der Waals surface area (Å²) in [6.07, 6.45) is 1.97. The number of hydrazone groups is 1. The van der Waals surface area contributed by atoms with Crippen LogP contribution in [0.5, 0.6) is 0 Å². The van der Waals surface area contributed by atoms with Crippen LogP contribution in [0.4, 0.5) is 0 Å². The Bertz CT molecular complexity index is 664. The van der Waals surface area contributed by atoms with Gasteiger partial charge in [0.2, 0.25) is 0 Å². The van der Waals surface area contributed by atoms with Crippen LogP contribution >= 0.6 is 0 Å². The molecule has 0 saturated carbocycles. The average molecular weight is 297 g/mol. The van der Waals surface area contributed by atoms with Gasteiger partial charge in [0.25, 0.3) is 0 Å². The molecule has 0 spiro atoms. The molecule has 0 radical (unpaired) electrons. The minimum atomic E-state index is 0.764. The van der Waals surface area contributed by atoms with Crippen LogP contribution in [0.2, 0.25) is 0 Å². The number of hydrogen-bond acceptors (Lipinski definition) is 3. The SMILES string of the molecule is Cc1ccc(-n2c(C)cc(C=NN3CCOCC3)c2C)cc1. The first-order valence-corrected chi connectivity index (χ1v) is 7.78. The lowest BCUT2D eigenvalue weighted by Crippen LogP contribution is -2.32. The molecular weight excluding hydrogens is 274 g/mol. The predicted molar refractivity (Wildman–Crippen MR) is 90.0 cm³/mol. The molecule has 116 valence electrons. The lowest BCUT2D eigenvalue weighted by Gasteiger charge is -2.23. The van der Waals surface area contributed by atoms with E-state index in [1.54, 1.807) is 0 Å². The van der Waals surface area contributed by atoms with E-state index in [0.717, 1.165) is 26.3 Å². The first-order valence-electron chi connectivity index (χ1n) is 7.78. The van der Waals surface area contributed by atoms with Crippen molar-refractivity contribution in [2.45, 2.75) is 20.8 Å². The topological polar surface area (TPSA) is 29.8 Å². The molecule has 0 amide bonds. The number of morpholine rings is 1. The summed E-state index contributed by atoms with van der Waals surface area (Å²) in [5.41, 5.74) is 6.10. The van der Waals surface area contributed by atoms with Gasteiger partial charge in [-0.15, -0.1) is 0 Å². The summed E-state index contributed by atoms with van der Waals surface area (Å²) in [4.78, 5) is 0. The molecule has 0 unspecified atom stereocenters. The van der Waals surface area contributed by atoms with E-state index in [1.165, 1.54) is 28.2 Å². The third kappa shape index (κ3) is 3.07. The van der Waals surface area contributed by atoms with Crippen LogP contribution in [0.3, 0.4) is 0 Å². The normalized spacial score (nSPS) is 15.7. The Labute approximate surface area is 132 Å². The molecule has 1 aromatic carbocycles. The van der Waals surface area contributed by atoms with Gasteiger partial charge in [0.1, 0.15) is 0 Å². The van der Waals surface area contributed by atoms with Gasteiger partial charge in [0.15, 0.2) is 0 Å². The predicted octanol–water partition coefficient (Wildman–Crippen LogP) is 3.07. The summed E-state index contributed by atoms with van der Waals surface area (Å²) < 4.78 is 7.62. The van der Waals surface area contributed by atoms with Crippen molar-refractivity contribution in [3.63, 3.8) is 0 Å². The van der Waals surface area contributed by atoms with Gasteiger partial charge in [0.05, 0.1) is 32.5 Å². The number of aryl methyl sites for hydroxylation is 2. The van der Waals surface area contributed by atoms with Crippen molar-refractivity contribution in [2.75, 3.05) is 26.3 Å². The molecule has 4 heteroatoms. The summed E-state index contributed by atoms with van der Waals surface area (Å²) in [7, 11) is 0. The fraction of sp³-hybridized carbons (Fsp3) is 0.389. The fourth-order valence-corrected chi connectivity index (χ4v) is 2.82. The van der Waals surface area contributed by atoms with Crippen LogP contribution in [-0.4, -0.2) is 42.1 Å². The van der Waals surface area contributed by atoms with Gasteiger partial charge in [-0.2, -0.15) is 5.10 Å². The molecule has 0 bridgehead atoms. The largest absolute Gasteiger partial charge is 0.378 e. The molecule has 3 rings (SSSR count). The second-order valence-corrected chi connectivity index (χ2v) is 5.81. The molecular formula is C18H23N3O. The minimum Gasteiger partial charge on any atom is -0.378 e. The van der Waals surface area contributed by atoms with Crippen molar-refractivity contribution in [1.82, 2.24) is 9.58 Å². The van der Waals surface area contributed by atoms with Gasteiger partial charge < -0.3 is 9.30 Å². The van der Waals surface area contributed by atoms with Gasteiger partial charge in [-0.25, -0.2) is 0 Å². The summed E-state index contributed by atoms with van der Waals surface area (Å²) in [5, 5.41) is 6.66. The molecule has 2 heterocycles. The Hall–Kier alpha value is -2.07. The molecule has 22 heavy (non-hydrogen) atoms. The van der Waals surface area contributed by atoms with E-state index >= 15 is 0 Å². The molecule has 0 atom stereocenters. The van der Waals surface area contributed by atoms with Gasteiger partial charge >= 0.3 is 0 Å². The van der Waals surface area contributed by atoms with Crippen molar-refractivity contribution in [3.05, 3.63) is 52.8 Å². The number of aromatic nitrogens is 1. The van der Waals surface area contributed by atoms with Crippen LogP contribution < -0.4 is 0 Å². The Kier molecular flexibility index (Phi) is 4.29. The van der Waals surface area contributed by atoms with E-state index in [4.69, 9.17) is 4.74 Å². The van der Waals surface area contributed by atoms with Gasteiger partial charge in [-0.1, -0.05) is 17.7 Å². The van der Waals surface area contributed by atoms with E-state index in [2.05, 4.69) is 65.8 Å². The smallest absolute Gasteiger partial charge is 0.0659 e. The van der Waals surface area contributed by atoms with E-state index in [1.807, 2.05) is 6.21 Å². The van der Waals surface area contributed by atoms with E-state index in [9.17, 15) is 0 Å². The first kappa shape index (κ1) is 14.9. The number of ether oxygens (including phenoxy) is 1. The van der Waals surface area contributed by atoms with E-state index < -0.39 is 0 Å². The zero-order chi connectivity index (χ0) is 15.5. The second-order valence-electron chi connectivity index (χ2n) is 5.81. The Morgan fingerprint density at radius 3 is 2.41 bits per heavy atom. The van der Waals surface area contributed by atoms with Crippen molar-refractivity contribution in [3.8, 4) is 5.69 Å². The molecule has 1 aromatic heterocycles. The third-order valence-electron chi connectivity index (χ3n) is 4.11. The van der Waals surface area contributed by atoms with Crippen LogP contribution in [0, 0.1) is 20.8 Å². The molecule has 1 saturated heterocycles. The summed E-state index contributed by atoms with van der Waals surface area (Å²) in [6, 6.07) is 10.8. The van der Waals surface area contributed by atoms with Crippen molar-refractivity contribution in [1.29, 1.82) is 0 Å². The zero-order valence-electron chi connectivity index (χ0n) is 13.5. The molecule has 1 aliphatic rings. The molecule has 2 aromatic rings. The summed E-state index contributed by atoms with van der Waals surface area (Å²) in [6.45, 7) is 9.66. The van der Waals surface area contributed by atoms with Gasteiger partial charge in [-0.05, 0) is 39.0 Å². The summed E-state index contributed by atoms with van der Waals surface area (Å²) in [5.74, 6) is 0. The Balaban J connectivity index is 1.86. The van der Waals surface area contributed by atoms with Gasteiger partial charge in [0, 0.05) is 22.6 Å². The second kappa shape index (κ2) is 6.36. The van der Waals surface area contributed by atoms with E-state index in [0.29, 0.717) is 0 Å². The molecule has 0 aliphatic carbocycles. The maximum Gasteiger partial charge on any atom is 0.0659 e. The number of nitrogens with zero attached hydrogens (tertiary/aromatic N) is 3. The van der Waals surface area contributed by atoms with Crippen LogP contribution in [0.25, 0.3) is 5.69 Å². The fourth-order valence-electron chi connectivity index (χ4n) is 2.82. The highest BCUT2D eigenvalue weighted by atomic mass is 16.5. The molecule has 0 N–H and O–H groups in total. The summed E-state index contributed by atoms with van der Waals surface area (Å²) >= 11 is 0. The van der Waals surface area contributed by atoms with Crippen LogP contribution in [0.15, 0.2) is 35.4 Å². The number of benzene rings is 1. The van der Waals surface area contributed by atoms with Crippen LogP contribution in [-0.2, 0) is 4.74 Å². The lowest BCUT2D eigenvalue weighted by molar-refractivity contribution is 0.0397. The lowest BCUT2D eigenvalue weighted by atomic mass is 10.2. The average Bonchev–Trinajstić information content (AvgIpc) is 2.82. The number of rotatable bonds is 3. The standard InChI is InChI=1S/C18H23N3O/c1-14-4-6-18(7-5-14)21-15(2)12-17(16(21)3)13-19-20-8-10-22-11-9-20/h4-7,12-13H,8-11H2,1-3H3. The van der Waals surface area contributed by atoms with E-state index in [-0.39, 0.29) is 0 Å². The maximum atomic E-state index is 5.35. The highest BCUT2D eigenvalue weighted by molar-refractivity contribution is 5.82. The van der Waals surface area contributed by atoms with Crippen molar-refractivity contribution >= 4 is 6.21 Å². The van der Waals surface area contributed by atoms with Crippen molar-refractivity contribution < 1.29 is 4.74 Å². The number of hydrogen-bond donors (Lipinski definition) is 0. The molecule has 4 nitrogen and oxygen atoms in total. The first-order chi connectivity index (χ1) is 10.6. The van der Waals surface area contributed by atoms with Gasteiger partial charge in [-0.3, -0.25) is 5.01 Å². The zero-order valence-corrected chi connectivity index (χ0v) is 13.5. The quantitative estimate of drug-likeness (QED) is 0.815. The highest BCUT2D eigenvalue weighted by Crippen LogP contribution is 2.20. The van der Waals surface area contributed by atoms with Crippen molar-refractivity contribution in [2.24, 2.45) is 5.10 Å². The maximum absolute atomic E-state index is 5.35.